The van der Waals surface area contributed by atoms with E-state index < -0.39 is 23.6 Å². The first kappa shape index (κ1) is 28.8. The van der Waals surface area contributed by atoms with Crippen LogP contribution < -0.4 is 4.74 Å². The van der Waals surface area contributed by atoms with Gasteiger partial charge in [-0.2, -0.15) is 0 Å². The van der Waals surface area contributed by atoms with Crippen molar-refractivity contribution in [2.75, 3.05) is 19.8 Å². The van der Waals surface area contributed by atoms with E-state index >= 15 is 0 Å². The van der Waals surface area contributed by atoms with Crippen LogP contribution in [0.4, 0.5) is 0 Å². The maximum absolute atomic E-state index is 13.7. The van der Waals surface area contributed by atoms with Crippen LogP contribution in [0, 0.1) is 19.4 Å². The topological polar surface area (TPSA) is 123 Å². The van der Waals surface area contributed by atoms with Crippen LogP contribution in [0.2, 0.25) is 0 Å². The van der Waals surface area contributed by atoms with Crippen LogP contribution >= 0.6 is 7.82 Å². The summed E-state index contributed by atoms with van der Waals surface area (Å²) < 4.78 is 63.7. The molecule has 0 N–H and O–H groups in total. The number of phosphoric acid groups is 1. The van der Waals surface area contributed by atoms with Crippen molar-refractivity contribution in [3.05, 3.63) is 59.3 Å². The van der Waals surface area contributed by atoms with Gasteiger partial charge in [-0.05, 0) is 38.8 Å². The molecule has 2 heterocycles. The van der Waals surface area contributed by atoms with Crippen LogP contribution in [-0.2, 0) is 33.9 Å². The molecule has 0 amide bonds. The summed E-state index contributed by atoms with van der Waals surface area (Å²) in [5, 5.41) is 0.136. The number of aryl methyl sites for hydroxylation is 1. The Kier molecular flexibility index (Phi) is 8.78. The summed E-state index contributed by atoms with van der Waals surface area (Å²) in [5.41, 5.74) is -1.11. The van der Waals surface area contributed by atoms with Gasteiger partial charge in [-0.1, -0.05) is 31.5 Å². The van der Waals surface area contributed by atoms with E-state index in [0.717, 1.165) is 9.54 Å². The summed E-state index contributed by atoms with van der Waals surface area (Å²) in [6, 6.07) is 6.32. The van der Waals surface area contributed by atoms with Gasteiger partial charge in [0.15, 0.2) is 5.65 Å². The Labute approximate surface area is 217 Å². The van der Waals surface area contributed by atoms with E-state index in [2.05, 4.69) is 14.8 Å². The summed E-state index contributed by atoms with van der Waals surface area (Å²) in [6.07, 6.45) is 2.40. The lowest BCUT2D eigenvalue weighted by Crippen LogP contribution is -2.22. The van der Waals surface area contributed by atoms with Crippen LogP contribution in [0.25, 0.3) is 15.9 Å². The van der Waals surface area contributed by atoms with Gasteiger partial charge in [-0.15, -0.1) is 0 Å². The molecule has 1 unspecified atom stereocenters. The van der Waals surface area contributed by atoms with Crippen molar-refractivity contribution in [2.24, 2.45) is 5.92 Å². The number of hydrogen-bond donors (Lipinski definition) is 0. The zero-order chi connectivity index (χ0) is 27.4. The molecule has 0 saturated carbocycles. The zero-order valence-corrected chi connectivity index (χ0v) is 23.4. The molecule has 0 fully saturated rings. The van der Waals surface area contributed by atoms with E-state index in [-0.39, 0.29) is 53.1 Å². The Morgan fingerprint density at radius 1 is 1.14 bits per heavy atom. The van der Waals surface area contributed by atoms with Gasteiger partial charge in [0.2, 0.25) is 5.88 Å². The van der Waals surface area contributed by atoms with E-state index in [9.17, 15) is 13.0 Å². The van der Waals surface area contributed by atoms with Crippen molar-refractivity contribution in [1.82, 2.24) is 13.9 Å². The maximum Gasteiger partial charge on any atom is 0.481 e. The predicted molar refractivity (Wildman–Crippen MR) is 138 cm³/mol. The van der Waals surface area contributed by atoms with Gasteiger partial charge in [-0.3, -0.25) is 13.9 Å². The number of ether oxygens (including phenoxy) is 1. The molecule has 0 bridgehead atoms. The first-order chi connectivity index (χ1) is 17.4. The highest BCUT2D eigenvalue weighted by atomic mass is 32.2. The van der Waals surface area contributed by atoms with Crippen LogP contribution in [-0.4, -0.2) is 42.2 Å². The van der Waals surface area contributed by atoms with Crippen molar-refractivity contribution >= 4 is 28.9 Å². The van der Waals surface area contributed by atoms with Gasteiger partial charge in [0.25, 0.3) is 10.0 Å². The van der Waals surface area contributed by atoms with Gasteiger partial charge >= 0.3 is 13.5 Å². The standard InChI is InChI=1S/C24H31N4O7PS/c1-8-33-36(29,34-9-2)35-24(6,25-7)20-14-28(37(30,31)19-12-10-18(5)11-13-19)22-21(20)23(27-16-26-22)32-15-17(3)4/h10-14,16-17H,8-9,15H2,1-6H3. The Morgan fingerprint density at radius 2 is 1.76 bits per heavy atom. The number of nitrogens with zero attached hydrogens (tertiary/aromatic N) is 4. The van der Waals surface area contributed by atoms with Crippen molar-refractivity contribution in [3.8, 4) is 5.88 Å². The lowest BCUT2D eigenvalue weighted by atomic mass is 10.1. The first-order valence-corrected chi connectivity index (χ1v) is 14.6. The minimum Gasteiger partial charge on any atom is -0.477 e. The fraction of sp³-hybridized carbons (Fsp3) is 0.458. The molecule has 13 heteroatoms. The van der Waals surface area contributed by atoms with Gasteiger partial charge in [-0.25, -0.2) is 38.0 Å². The highest BCUT2D eigenvalue weighted by Crippen LogP contribution is 2.56. The predicted octanol–water partition coefficient (Wildman–Crippen LogP) is 5.30. The second-order valence-corrected chi connectivity index (χ2v) is 12.1. The highest BCUT2D eigenvalue weighted by molar-refractivity contribution is 7.90. The number of phosphoric ester groups is 1. The number of rotatable bonds is 12. The number of hydrogen-bond acceptors (Lipinski definition) is 9. The lowest BCUT2D eigenvalue weighted by molar-refractivity contribution is 0.0503. The van der Waals surface area contributed by atoms with E-state index in [1.165, 1.54) is 31.6 Å². The van der Waals surface area contributed by atoms with Crippen LogP contribution in [0.3, 0.4) is 0 Å². The smallest absolute Gasteiger partial charge is 0.477 e. The molecule has 0 aliphatic heterocycles. The molecule has 0 aliphatic carbocycles. The van der Waals surface area contributed by atoms with E-state index in [4.69, 9.17) is 24.9 Å². The highest BCUT2D eigenvalue weighted by Gasteiger charge is 2.48. The summed E-state index contributed by atoms with van der Waals surface area (Å²) in [7, 11) is -8.36. The van der Waals surface area contributed by atoms with Gasteiger partial charge in [0.1, 0.15) is 11.9 Å². The molecule has 1 atom stereocenters. The fourth-order valence-electron chi connectivity index (χ4n) is 3.47. The van der Waals surface area contributed by atoms with Crippen LogP contribution in [0.15, 0.2) is 41.7 Å². The molecule has 1 aromatic carbocycles. The minimum atomic E-state index is -4.20. The third-order valence-electron chi connectivity index (χ3n) is 5.23. The van der Waals surface area contributed by atoms with Crippen LogP contribution in [0.1, 0.15) is 45.7 Å². The largest absolute Gasteiger partial charge is 0.481 e. The Bertz CT molecular complexity index is 1440. The molecular formula is C24H31N4O7PS. The van der Waals surface area contributed by atoms with Crippen molar-refractivity contribution in [1.29, 1.82) is 0 Å². The average Bonchev–Trinajstić information content (AvgIpc) is 3.25. The summed E-state index contributed by atoms with van der Waals surface area (Å²) >= 11 is 0. The summed E-state index contributed by atoms with van der Waals surface area (Å²) in [6.45, 7) is 18.5. The molecule has 37 heavy (non-hydrogen) atoms. The van der Waals surface area contributed by atoms with Crippen molar-refractivity contribution < 1.29 is 31.3 Å². The van der Waals surface area contributed by atoms with E-state index in [1.807, 2.05) is 20.8 Å². The third kappa shape index (κ3) is 6.03. The maximum atomic E-state index is 13.7. The molecule has 0 spiro atoms. The van der Waals surface area contributed by atoms with Crippen molar-refractivity contribution in [3.63, 3.8) is 0 Å². The molecule has 0 radical (unpaired) electrons. The average molecular weight is 551 g/mol. The zero-order valence-electron chi connectivity index (χ0n) is 21.7. The molecule has 3 aromatic rings. The molecule has 2 aromatic heterocycles. The van der Waals surface area contributed by atoms with Gasteiger partial charge in [0, 0.05) is 13.1 Å². The Balaban J connectivity index is 2.32. The number of benzene rings is 1. The normalized spacial score (nSPS) is 14.0. The molecule has 200 valence electrons. The van der Waals surface area contributed by atoms with E-state index in [1.54, 1.807) is 26.0 Å². The number of fused-ring (bicyclic) bond motifs is 1. The van der Waals surface area contributed by atoms with Gasteiger partial charge < -0.3 is 4.74 Å². The second kappa shape index (κ2) is 11.3. The Hall–Kier alpha value is -2.81. The quantitative estimate of drug-likeness (QED) is 0.218. The lowest BCUT2D eigenvalue weighted by Gasteiger charge is -2.23. The SMILES string of the molecule is [C-]#[N+]C(C)(OP(=O)(OCC)OCC)c1cn(S(=O)(=O)c2ccc(C)cc2)c2ncnc(OCC(C)C)c12. The van der Waals surface area contributed by atoms with Crippen LogP contribution in [0.5, 0.6) is 5.88 Å². The fourth-order valence-corrected chi connectivity index (χ4v) is 6.18. The number of aromatic nitrogens is 3. The minimum absolute atomic E-state index is 0.000775. The first-order valence-electron chi connectivity index (χ1n) is 11.7. The van der Waals surface area contributed by atoms with Gasteiger partial charge in [0.05, 0.1) is 30.1 Å². The molecule has 11 nitrogen and oxygen atoms in total. The molecule has 3 rings (SSSR count). The molecular weight excluding hydrogens is 519 g/mol. The molecule has 0 saturated heterocycles. The monoisotopic (exact) mass is 550 g/mol. The Morgan fingerprint density at radius 3 is 2.30 bits per heavy atom. The summed E-state index contributed by atoms with van der Waals surface area (Å²) in [5.74, 6) is 0.194. The second-order valence-electron chi connectivity index (χ2n) is 8.71. The van der Waals surface area contributed by atoms with E-state index in [0.29, 0.717) is 0 Å². The van der Waals surface area contributed by atoms with Crippen molar-refractivity contribution in [2.45, 2.75) is 52.2 Å². The molecule has 0 aliphatic rings. The third-order valence-corrected chi connectivity index (χ3v) is 8.62. The summed E-state index contributed by atoms with van der Waals surface area (Å²) in [4.78, 5) is 12.0.